The molecule has 3 amide bonds. The van der Waals surface area contributed by atoms with Gasteiger partial charge in [0.1, 0.15) is 11.5 Å². The number of ether oxygens (including phenoxy) is 1. The summed E-state index contributed by atoms with van der Waals surface area (Å²) in [5, 5.41) is 3.33. The minimum Gasteiger partial charge on any atom is -0.436 e. The average Bonchev–Trinajstić information content (AvgIpc) is 3.24. The first-order valence-corrected chi connectivity index (χ1v) is 13.6. The smallest absolute Gasteiger partial charge is 0.410 e. The molecule has 3 aromatic rings. The number of fused-ring (bicyclic) bond motifs is 1. The fourth-order valence-electron chi connectivity index (χ4n) is 4.15. The number of pyridine rings is 1. The van der Waals surface area contributed by atoms with Gasteiger partial charge >= 0.3 is 6.09 Å². The Bertz CT molecular complexity index is 1510. The number of hydrogen-bond donors (Lipinski definition) is 1. The van der Waals surface area contributed by atoms with E-state index < -0.39 is 23.7 Å². The maximum atomic E-state index is 13.7. The van der Waals surface area contributed by atoms with E-state index in [9.17, 15) is 23.6 Å². The topological polar surface area (TPSA) is 109 Å². The van der Waals surface area contributed by atoms with Crippen LogP contribution in [0.3, 0.4) is 0 Å². The zero-order valence-electron chi connectivity index (χ0n) is 25.0. The number of halogens is 1. The number of allylic oxidation sites excluding steroid dienone is 1. The summed E-state index contributed by atoms with van der Waals surface area (Å²) in [6, 6.07) is 9.42. The highest BCUT2D eigenvalue weighted by molar-refractivity contribution is 5.95. The predicted octanol–water partition coefficient (Wildman–Crippen LogP) is 2.89. The summed E-state index contributed by atoms with van der Waals surface area (Å²) in [5.74, 6) is -1.22. The third-order valence-corrected chi connectivity index (χ3v) is 6.74. The summed E-state index contributed by atoms with van der Waals surface area (Å²) in [5.41, 5.74) is 1.16. The third kappa shape index (κ3) is 8.53. The molecule has 0 saturated heterocycles. The Hall–Kier alpha value is -4.45. The van der Waals surface area contributed by atoms with Crippen LogP contribution in [0.5, 0.6) is 0 Å². The van der Waals surface area contributed by atoms with Gasteiger partial charge in [0.05, 0.1) is 6.54 Å². The first-order chi connectivity index (χ1) is 19.9. The lowest BCUT2D eigenvalue weighted by atomic mass is 10.1. The van der Waals surface area contributed by atoms with E-state index in [1.54, 1.807) is 45.5 Å². The van der Waals surface area contributed by atoms with Gasteiger partial charge in [0.25, 0.3) is 11.5 Å². The number of benzene rings is 1. The Balaban J connectivity index is 1.78. The molecule has 1 unspecified atom stereocenters. The van der Waals surface area contributed by atoms with Crippen molar-refractivity contribution in [2.45, 2.75) is 25.5 Å². The van der Waals surface area contributed by atoms with Crippen molar-refractivity contribution in [3.05, 3.63) is 76.6 Å². The second kappa shape index (κ2) is 14.4. The van der Waals surface area contributed by atoms with Crippen LogP contribution in [0.25, 0.3) is 10.9 Å². The van der Waals surface area contributed by atoms with Crippen molar-refractivity contribution < 1.29 is 23.5 Å². The largest absolute Gasteiger partial charge is 0.436 e. The molecule has 12 heteroatoms. The van der Waals surface area contributed by atoms with Crippen LogP contribution >= 0.6 is 0 Å². The molecule has 2 heterocycles. The summed E-state index contributed by atoms with van der Waals surface area (Å²) in [4.78, 5) is 55.9. The van der Waals surface area contributed by atoms with Gasteiger partial charge < -0.3 is 33.9 Å². The molecule has 11 nitrogen and oxygen atoms in total. The Morgan fingerprint density at radius 3 is 2.50 bits per heavy atom. The summed E-state index contributed by atoms with van der Waals surface area (Å²) in [7, 11) is 10.4. The number of anilines is 1. The zero-order valence-corrected chi connectivity index (χ0v) is 25.0. The average molecular weight is 583 g/mol. The molecule has 226 valence electrons. The number of nitrogens with one attached hydrogen (secondary N) is 1. The summed E-state index contributed by atoms with van der Waals surface area (Å²) < 4.78 is 22.6. The lowest BCUT2D eigenvalue weighted by Crippen LogP contribution is -2.40. The van der Waals surface area contributed by atoms with Crippen LogP contribution < -0.4 is 10.9 Å². The van der Waals surface area contributed by atoms with E-state index in [1.807, 2.05) is 36.7 Å². The monoisotopic (exact) mass is 582 g/mol. The second-order valence-electron chi connectivity index (χ2n) is 10.6. The van der Waals surface area contributed by atoms with Gasteiger partial charge in [-0.05, 0) is 69.4 Å². The van der Waals surface area contributed by atoms with E-state index in [-0.39, 0.29) is 36.8 Å². The highest BCUT2D eigenvalue weighted by Gasteiger charge is 2.25. The van der Waals surface area contributed by atoms with Crippen molar-refractivity contribution in [3.8, 4) is 0 Å². The van der Waals surface area contributed by atoms with E-state index in [0.29, 0.717) is 18.5 Å². The highest BCUT2D eigenvalue weighted by atomic mass is 19.1. The van der Waals surface area contributed by atoms with Gasteiger partial charge in [-0.2, -0.15) is 0 Å². The number of rotatable bonds is 12. The molecule has 1 N–H and O–H groups in total. The lowest BCUT2D eigenvalue weighted by Gasteiger charge is -2.23. The fourth-order valence-corrected chi connectivity index (χ4v) is 4.15. The van der Waals surface area contributed by atoms with Gasteiger partial charge in [-0.15, -0.1) is 0 Å². The van der Waals surface area contributed by atoms with Crippen molar-refractivity contribution in [2.75, 3.05) is 53.6 Å². The van der Waals surface area contributed by atoms with Crippen LogP contribution in [0, 0.1) is 5.82 Å². The van der Waals surface area contributed by atoms with E-state index >= 15 is 0 Å². The minimum absolute atomic E-state index is 0.0210. The molecule has 0 aliphatic carbocycles. The molecule has 2 aromatic heterocycles. The summed E-state index contributed by atoms with van der Waals surface area (Å²) >= 11 is 0. The Morgan fingerprint density at radius 1 is 1.07 bits per heavy atom. The van der Waals surface area contributed by atoms with E-state index in [0.717, 1.165) is 11.2 Å². The maximum absolute atomic E-state index is 13.7. The molecule has 3 rings (SSSR count). The maximum Gasteiger partial charge on any atom is 0.410 e. The first kappa shape index (κ1) is 32.1. The van der Waals surface area contributed by atoms with Gasteiger partial charge in [-0.25, -0.2) is 9.18 Å². The van der Waals surface area contributed by atoms with Gasteiger partial charge in [-0.1, -0.05) is 6.08 Å². The van der Waals surface area contributed by atoms with Crippen LogP contribution in [0.4, 0.5) is 14.9 Å². The number of aryl methyl sites for hydroxylation is 1. The molecule has 0 saturated carbocycles. The molecule has 42 heavy (non-hydrogen) atoms. The van der Waals surface area contributed by atoms with Crippen molar-refractivity contribution in [2.24, 2.45) is 7.05 Å². The van der Waals surface area contributed by atoms with Crippen LogP contribution in [-0.4, -0.2) is 96.2 Å². The molecule has 0 spiro atoms. The number of amides is 3. The molecule has 1 atom stereocenters. The molecule has 0 aliphatic rings. The zero-order chi connectivity index (χ0) is 31.0. The van der Waals surface area contributed by atoms with Crippen LogP contribution in [-0.2, 0) is 27.9 Å². The molecule has 1 aromatic carbocycles. The normalized spacial score (nSPS) is 12.1. The SMILES string of the molecule is CN(C)CCN(C)C(=O)OC(CC/C=C/C(=O)N(C)C)C(=O)Nc1cccn(Cc2cc3cc(F)ccc3n2C)c1=O. The number of hydrogen-bond acceptors (Lipinski definition) is 6. The molecular weight excluding hydrogens is 543 g/mol. The van der Waals surface area contributed by atoms with Crippen molar-refractivity contribution in [1.29, 1.82) is 0 Å². The van der Waals surface area contributed by atoms with Crippen molar-refractivity contribution >= 4 is 34.5 Å². The van der Waals surface area contributed by atoms with Crippen LogP contribution in [0.1, 0.15) is 18.5 Å². The Kier molecular flexibility index (Phi) is 11.0. The molecular formula is C30H39FN6O5. The molecule has 0 aliphatic heterocycles. The van der Waals surface area contributed by atoms with Gasteiger partial charge in [0.15, 0.2) is 6.10 Å². The van der Waals surface area contributed by atoms with Gasteiger partial charge in [0, 0.05) is 64.1 Å². The number of carbonyl (C=O) groups excluding carboxylic acids is 3. The minimum atomic E-state index is -1.21. The Labute approximate surface area is 244 Å². The van der Waals surface area contributed by atoms with E-state index in [2.05, 4.69) is 5.32 Å². The third-order valence-electron chi connectivity index (χ3n) is 6.74. The van der Waals surface area contributed by atoms with Crippen LogP contribution in [0.2, 0.25) is 0 Å². The number of carbonyl (C=O) groups is 3. The Morgan fingerprint density at radius 2 is 1.81 bits per heavy atom. The fraction of sp³-hybridized carbons (Fsp3) is 0.400. The van der Waals surface area contributed by atoms with Crippen LogP contribution in [0.15, 0.2) is 59.5 Å². The molecule has 0 radical (unpaired) electrons. The van der Waals surface area contributed by atoms with E-state index in [1.165, 1.54) is 38.6 Å². The number of likely N-dealkylation sites (N-methyl/N-ethyl adjacent to an activating group) is 3. The highest BCUT2D eigenvalue weighted by Crippen LogP contribution is 2.20. The summed E-state index contributed by atoms with van der Waals surface area (Å²) in [6.07, 6.45) is 3.09. The molecule has 0 fully saturated rings. The lowest BCUT2D eigenvalue weighted by molar-refractivity contribution is -0.125. The van der Waals surface area contributed by atoms with E-state index in [4.69, 9.17) is 4.74 Å². The number of aromatic nitrogens is 2. The quantitative estimate of drug-likeness (QED) is 0.329. The van der Waals surface area contributed by atoms with Crippen molar-refractivity contribution in [1.82, 2.24) is 23.8 Å². The van der Waals surface area contributed by atoms with Crippen molar-refractivity contribution in [3.63, 3.8) is 0 Å². The predicted molar refractivity (Wildman–Crippen MR) is 160 cm³/mol. The standard InChI is InChI=1S/C30H39FN6O5/c1-33(2)16-17-35(5)30(41)42-26(11-7-8-12-27(38)34(3)4)28(39)32-24-10-9-15-37(29(24)40)20-23-19-21-18-22(31)13-14-25(21)36(23)6/h8-10,12-15,18-19,26H,7,11,16-17,20H2,1-6H3,(H,32,39)/b12-8+. The number of nitrogens with zero attached hydrogens (tertiary/aromatic N) is 5. The van der Waals surface area contributed by atoms with Gasteiger partial charge in [-0.3, -0.25) is 14.4 Å². The summed E-state index contributed by atoms with van der Waals surface area (Å²) in [6.45, 7) is 1.18. The van der Waals surface area contributed by atoms with Gasteiger partial charge in [0.2, 0.25) is 5.91 Å². The molecule has 0 bridgehead atoms. The first-order valence-electron chi connectivity index (χ1n) is 13.6. The second-order valence-corrected chi connectivity index (χ2v) is 10.6.